The van der Waals surface area contributed by atoms with E-state index in [1.54, 1.807) is 12.1 Å². The highest BCUT2D eigenvalue weighted by Gasteiger charge is 1.94. The summed E-state index contributed by atoms with van der Waals surface area (Å²) in [6.45, 7) is 5.09. The van der Waals surface area contributed by atoms with Crippen molar-refractivity contribution in [1.29, 1.82) is 0 Å². The molecule has 0 aliphatic heterocycles. The molecule has 15 heavy (non-hydrogen) atoms. The molecule has 84 valence electrons. The Kier molecular flexibility index (Phi) is 5.97. The largest absolute Gasteiger partial charge is 0.380 e. The Morgan fingerprint density at radius 2 is 2.20 bits per heavy atom. The maximum Gasteiger partial charge on any atom is 0.123 e. The molecule has 0 atom stereocenters. The lowest BCUT2D eigenvalue weighted by atomic mass is 10.2. The van der Waals surface area contributed by atoms with Crippen LogP contribution >= 0.6 is 0 Å². The molecule has 1 rings (SSSR count). The lowest BCUT2D eigenvalue weighted by Crippen LogP contribution is -2.19. The smallest absolute Gasteiger partial charge is 0.123 e. The summed E-state index contributed by atoms with van der Waals surface area (Å²) in [5, 5.41) is 3.20. The normalized spacial score (nSPS) is 10.5. The van der Waals surface area contributed by atoms with Crippen molar-refractivity contribution < 1.29 is 9.13 Å². The van der Waals surface area contributed by atoms with E-state index in [9.17, 15) is 4.39 Å². The molecule has 2 nitrogen and oxygen atoms in total. The number of ether oxygens (including phenoxy) is 1. The van der Waals surface area contributed by atoms with Crippen molar-refractivity contribution in [1.82, 2.24) is 5.32 Å². The van der Waals surface area contributed by atoms with E-state index in [1.807, 2.05) is 6.07 Å². The molecule has 0 saturated heterocycles. The quantitative estimate of drug-likeness (QED) is 0.699. The second-order valence-corrected chi connectivity index (χ2v) is 3.42. The molecule has 1 N–H and O–H groups in total. The number of nitrogens with one attached hydrogen (secondary N) is 1. The van der Waals surface area contributed by atoms with E-state index in [4.69, 9.17) is 4.74 Å². The second kappa shape index (κ2) is 7.37. The zero-order valence-electron chi connectivity index (χ0n) is 9.13. The third-order valence-electron chi connectivity index (χ3n) is 1.99. The van der Waals surface area contributed by atoms with Crippen molar-refractivity contribution in [2.75, 3.05) is 19.8 Å². The lowest BCUT2D eigenvalue weighted by Gasteiger charge is -2.05. The van der Waals surface area contributed by atoms with Crippen LogP contribution in [-0.4, -0.2) is 19.8 Å². The van der Waals surface area contributed by atoms with Crippen molar-refractivity contribution in [2.24, 2.45) is 0 Å². The van der Waals surface area contributed by atoms with Crippen molar-refractivity contribution in [3.8, 4) is 0 Å². The van der Waals surface area contributed by atoms with Gasteiger partial charge in [-0.2, -0.15) is 0 Å². The molecule has 1 aromatic carbocycles. The minimum absolute atomic E-state index is 0.184. The third kappa shape index (κ3) is 5.50. The molecule has 0 unspecified atom stereocenters. The van der Waals surface area contributed by atoms with Gasteiger partial charge in [0.25, 0.3) is 0 Å². The van der Waals surface area contributed by atoms with Crippen molar-refractivity contribution >= 4 is 0 Å². The molecule has 0 bridgehead atoms. The van der Waals surface area contributed by atoms with Gasteiger partial charge in [0.2, 0.25) is 0 Å². The van der Waals surface area contributed by atoms with Crippen LogP contribution in [-0.2, 0) is 11.3 Å². The van der Waals surface area contributed by atoms with E-state index in [0.29, 0.717) is 13.2 Å². The number of rotatable bonds is 7. The molecule has 0 radical (unpaired) electrons. The van der Waals surface area contributed by atoms with Crippen molar-refractivity contribution in [2.45, 2.75) is 19.9 Å². The first-order valence-electron chi connectivity index (χ1n) is 5.36. The monoisotopic (exact) mass is 211 g/mol. The van der Waals surface area contributed by atoms with Crippen LogP contribution in [0.4, 0.5) is 4.39 Å². The topological polar surface area (TPSA) is 21.3 Å². The highest BCUT2D eigenvalue weighted by molar-refractivity contribution is 5.15. The van der Waals surface area contributed by atoms with Crippen LogP contribution in [0.15, 0.2) is 24.3 Å². The summed E-state index contributed by atoms with van der Waals surface area (Å²) in [7, 11) is 0. The second-order valence-electron chi connectivity index (χ2n) is 3.42. The first-order chi connectivity index (χ1) is 7.33. The van der Waals surface area contributed by atoms with Gasteiger partial charge in [-0.05, 0) is 24.1 Å². The minimum atomic E-state index is -0.184. The highest BCUT2D eigenvalue weighted by Crippen LogP contribution is 2.02. The summed E-state index contributed by atoms with van der Waals surface area (Å²) in [6.07, 6.45) is 1.05. The first-order valence-corrected chi connectivity index (χ1v) is 5.36. The maximum absolute atomic E-state index is 12.8. The van der Waals surface area contributed by atoms with E-state index < -0.39 is 0 Å². The van der Waals surface area contributed by atoms with E-state index in [1.165, 1.54) is 6.07 Å². The van der Waals surface area contributed by atoms with Gasteiger partial charge in [-0.1, -0.05) is 19.1 Å². The van der Waals surface area contributed by atoms with Gasteiger partial charge in [0.05, 0.1) is 6.61 Å². The Hall–Kier alpha value is -0.930. The molecule has 0 aliphatic carbocycles. The molecular weight excluding hydrogens is 193 g/mol. The van der Waals surface area contributed by atoms with Crippen molar-refractivity contribution in [3.63, 3.8) is 0 Å². The molecule has 0 amide bonds. The molecule has 1 aromatic rings. The Bertz CT molecular complexity index is 278. The SMILES string of the molecule is CCCOCCNCc1cccc(F)c1. The number of halogens is 1. The van der Waals surface area contributed by atoms with Crippen LogP contribution < -0.4 is 5.32 Å². The molecule has 0 aromatic heterocycles. The number of hydrogen-bond donors (Lipinski definition) is 1. The molecule has 0 saturated carbocycles. The predicted octanol–water partition coefficient (Wildman–Crippen LogP) is 2.34. The number of benzene rings is 1. The Balaban J connectivity index is 2.10. The third-order valence-corrected chi connectivity index (χ3v) is 1.99. The molecule has 0 fully saturated rings. The van der Waals surface area contributed by atoms with E-state index in [2.05, 4.69) is 12.2 Å². The lowest BCUT2D eigenvalue weighted by molar-refractivity contribution is 0.136. The zero-order chi connectivity index (χ0) is 10.9. The van der Waals surface area contributed by atoms with Gasteiger partial charge in [-0.25, -0.2) is 4.39 Å². The Morgan fingerprint density at radius 1 is 1.33 bits per heavy atom. The standard InChI is InChI=1S/C12H18FNO/c1-2-7-15-8-6-14-10-11-4-3-5-12(13)9-11/h3-5,9,14H,2,6-8,10H2,1H3. The summed E-state index contributed by atoms with van der Waals surface area (Å²) in [5.74, 6) is -0.184. The van der Waals surface area contributed by atoms with Gasteiger partial charge < -0.3 is 10.1 Å². The summed E-state index contributed by atoms with van der Waals surface area (Å²) < 4.78 is 18.1. The summed E-state index contributed by atoms with van der Waals surface area (Å²) in [4.78, 5) is 0. The van der Waals surface area contributed by atoms with Crippen molar-refractivity contribution in [3.05, 3.63) is 35.6 Å². The molecule has 0 heterocycles. The molecular formula is C12H18FNO. The summed E-state index contributed by atoms with van der Waals surface area (Å²) >= 11 is 0. The summed E-state index contributed by atoms with van der Waals surface area (Å²) in [6, 6.07) is 6.62. The summed E-state index contributed by atoms with van der Waals surface area (Å²) in [5.41, 5.74) is 0.963. The molecule has 3 heteroatoms. The Labute approximate surface area is 90.4 Å². The van der Waals surface area contributed by atoms with Gasteiger partial charge in [0.1, 0.15) is 5.82 Å². The van der Waals surface area contributed by atoms with Crippen LogP contribution in [0.1, 0.15) is 18.9 Å². The fourth-order valence-corrected chi connectivity index (χ4v) is 1.27. The molecule has 0 aliphatic rings. The van der Waals surface area contributed by atoms with E-state index >= 15 is 0 Å². The van der Waals surface area contributed by atoms with Crippen LogP contribution in [0.3, 0.4) is 0 Å². The maximum atomic E-state index is 12.8. The van der Waals surface area contributed by atoms with Crippen LogP contribution in [0, 0.1) is 5.82 Å². The van der Waals surface area contributed by atoms with Gasteiger partial charge in [-0.3, -0.25) is 0 Å². The molecule has 0 spiro atoms. The van der Waals surface area contributed by atoms with Crippen LogP contribution in [0.5, 0.6) is 0 Å². The van der Waals surface area contributed by atoms with Crippen LogP contribution in [0.25, 0.3) is 0 Å². The van der Waals surface area contributed by atoms with Gasteiger partial charge in [0, 0.05) is 19.7 Å². The predicted molar refractivity (Wildman–Crippen MR) is 59.2 cm³/mol. The first kappa shape index (κ1) is 12.1. The average Bonchev–Trinajstić information content (AvgIpc) is 2.23. The fourth-order valence-electron chi connectivity index (χ4n) is 1.27. The van der Waals surface area contributed by atoms with E-state index in [0.717, 1.165) is 25.1 Å². The van der Waals surface area contributed by atoms with Gasteiger partial charge in [0.15, 0.2) is 0 Å². The minimum Gasteiger partial charge on any atom is -0.380 e. The van der Waals surface area contributed by atoms with Crippen LogP contribution in [0.2, 0.25) is 0 Å². The van der Waals surface area contributed by atoms with E-state index in [-0.39, 0.29) is 5.82 Å². The zero-order valence-corrected chi connectivity index (χ0v) is 9.13. The van der Waals surface area contributed by atoms with Gasteiger partial charge in [-0.15, -0.1) is 0 Å². The Morgan fingerprint density at radius 3 is 2.93 bits per heavy atom. The van der Waals surface area contributed by atoms with Gasteiger partial charge >= 0.3 is 0 Å². The number of hydrogen-bond acceptors (Lipinski definition) is 2. The highest BCUT2D eigenvalue weighted by atomic mass is 19.1. The fraction of sp³-hybridized carbons (Fsp3) is 0.500. The average molecular weight is 211 g/mol.